The van der Waals surface area contributed by atoms with Gasteiger partial charge in [-0.25, -0.2) is 0 Å². The van der Waals surface area contributed by atoms with Gasteiger partial charge in [0, 0.05) is 29.1 Å². The fraction of sp³-hybridized carbons (Fsp3) is 0.190. The van der Waals surface area contributed by atoms with E-state index in [0.29, 0.717) is 17.7 Å². The van der Waals surface area contributed by atoms with Crippen LogP contribution in [0, 0.1) is 0 Å². The lowest BCUT2D eigenvalue weighted by Crippen LogP contribution is -2.44. The predicted octanol–water partition coefficient (Wildman–Crippen LogP) is 2.53. The number of hydrazine groups is 1. The number of ether oxygens (including phenoxy) is 1. The number of rotatable bonds is 7. The lowest BCUT2D eigenvalue weighted by atomic mass is 10.1. The van der Waals surface area contributed by atoms with Gasteiger partial charge in [0.25, 0.3) is 5.91 Å². The first-order valence-electron chi connectivity index (χ1n) is 8.95. The number of nitrogens with one attached hydrogen (secondary N) is 3. The highest BCUT2D eigenvalue weighted by Crippen LogP contribution is 2.18. The van der Waals surface area contributed by atoms with E-state index in [4.69, 9.17) is 4.74 Å². The number of H-pyrrole nitrogens is 1. The Hall–Kier alpha value is -3.61. The van der Waals surface area contributed by atoms with Crippen LogP contribution in [0.25, 0.3) is 10.9 Å². The average Bonchev–Trinajstić information content (AvgIpc) is 3.13. The van der Waals surface area contributed by atoms with Crippen molar-refractivity contribution in [2.24, 2.45) is 0 Å². The Morgan fingerprint density at radius 3 is 2.43 bits per heavy atom. The molecule has 7 nitrogen and oxygen atoms in total. The summed E-state index contributed by atoms with van der Waals surface area (Å²) in [7, 11) is 0. The van der Waals surface area contributed by atoms with Gasteiger partial charge in [0.2, 0.25) is 5.91 Å². The molecule has 0 aliphatic heterocycles. The average molecular weight is 379 g/mol. The quantitative estimate of drug-likeness (QED) is 0.434. The molecule has 2 aromatic carbocycles. The van der Waals surface area contributed by atoms with Gasteiger partial charge >= 0.3 is 0 Å². The summed E-state index contributed by atoms with van der Waals surface area (Å²) in [5, 5.41) is 0.970. The molecular weight excluding hydrogens is 358 g/mol. The van der Waals surface area contributed by atoms with Crippen molar-refractivity contribution in [2.75, 3.05) is 6.61 Å². The van der Waals surface area contributed by atoms with Crippen molar-refractivity contribution in [3.8, 4) is 5.75 Å². The number of ketones is 1. The fourth-order valence-electron chi connectivity index (χ4n) is 2.76. The Labute approximate surface area is 162 Å². The van der Waals surface area contributed by atoms with Gasteiger partial charge in [-0.3, -0.25) is 25.2 Å². The van der Waals surface area contributed by atoms with Crippen molar-refractivity contribution < 1.29 is 19.1 Å². The van der Waals surface area contributed by atoms with Crippen LogP contribution >= 0.6 is 0 Å². The van der Waals surface area contributed by atoms with E-state index in [1.54, 1.807) is 37.4 Å². The second-order valence-electron chi connectivity index (χ2n) is 6.22. The molecule has 0 saturated carbocycles. The largest absolute Gasteiger partial charge is 0.484 e. The predicted molar refractivity (Wildman–Crippen MR) is 105 cm³/mol. The van der Waals surface area contributed by atoms with Gasteiger partial charge in [0.15, 0.2) is 12.4 Å². The zero-order valence-electron chi connectivity index (χ0n) is 15.5. The van der Waals surface area contributed by atoms with Gasteiger partial charge in [0.05, 0.1) is 6.42 Å². The van der Waals surface area contributed by atoms with Crippen LogP contribution in [0.2, 0.25) is 0 Å². The van der Waals surface area contributed by atoms with Crippen LogP contribution in [0.15, 0.2) is 54.7 Å². The van der Waals surface area contributed by atoms with Gasteiger partial charge < -0.3 is 9.72 Å². The molecule has 0 unspecified atom stereocenters. The number of benzene rings is 2. The molecule has 0 bridgehead atoms. The number of para-hydroxylation sites is 1. The second kappa shape index (κ2) is 8.85. The molecule has 3 aromatic rings. The molecular formula is C21H21N3O4. The standard InChI is InChI=1S/C21H21N3O4/c1-2-19(25)14-7-9-16(10-8-14)28-13-21(27)24-23-20(26)11-15-12-22-18-6-4-3-5-17(15)18/h3-10,12,22H,2,11,13H2,1H3,(H,23,26)(H,24,27). The molecule has 28 heavy (non-hydrogen) atoms. The Balaban J connectivity index is 1.44. The van der Waals surface area contributed by atoms with Gasteiger partial charge in [-0.05, 0) is 35.9 Å². The summed E-state index contributed by atoms with van der Waals surface area (Å²) >= 11 is 0. The van der Waals surface area contributed by atoms with Gasteiger partial charge in [0.1, 0.15) is 5.75 Å². The monoisotopic (exact) mass is 379 g/mol. The van der Waals surface area contributed by atoms with E-state index in [2.05, 4.69) is 15.8 Å². The van der Waals surface area contributed by atoms with Crippen molar-refractivity contribution in [1.29, 1.82) is 0 Å². The van der Waals surface area contributed by atoms with E-state index >= 15 is 0 Å². The summed E-state index contributed by atoms with van der Waals surface area (Å²) in [4.78, 5) is 38.6. The van der Waals surface area contributed by atoms with Crippen LogP contribution in [0.1, 0.15) is 29.3 Å². The first-order chi connectivity index (χ1) is 13.6. The zero-order valence-corrected chi connectivity index (χ0v) is 15.5. The maximum absolute atomic E-state index is 12.1. The molecule has 144 valence electrons. The summed E-state index contributed by atoms with van der Waals surface area (Å²) in [5.74, 6) is -0.309. The van der Waals surface area contributed by atoms with Gasteiger partial charge in [-0.2, -0.15) is 0 Å². The fourth-order valence-corrected chi connectivity index (χ4v) is 2.76. The molecule has 0 fully saturated rings. The number of hydrogen-bond acceptors (Lipinski definition) is 4. The minimum atomic E-state index is -0.485. The molecule has 0 radical (unpaired) electrons. The number of amides is 2. The van der Waals surface area contributed by atoms with Crippen molar-refractivity contribution in [3.05, 3.63) is 65.9 Å². The third-order valence-electron chi connectivity index (χ3n) is 4.23. The number of hydrogen-bond donors (Lipinski definition) is 3. The van der Waals surface area contributed by atoms with Crippen LogP contribution in [-0.2, 0) is 16.0 Å². The summed E-state index contributed by atoms with van der Waals surface area (Å²) in [6.45, 7) is 1.54. The second-order valence-corrected chi connectivity index (χ2v) is 6.22. The number of aromatic nitrogens is 1. The summed E-state index contributed by atoms with van der Waals surface area (Å²) in [5.41, 5.74) is 7.10. The minimum absolute atomic E-state index is 0.0437. The molecule has 3 rings (SSSR count). The third-order valence-corrected chi connectivity index (χ3v) is 4.23. The van der Waals surface area contributed by atoms with Crippen molar-refractivity contribution >= 4 is 28.5 Å². The normalized spacial score (nSPS) is 10.5. The number of Topliss-reactive ketones (excluding diaryl/α,β-unsaturated/α-hetero) is 1. The maximum Gasteiger partial charge on any atom is 0.276 e. The lowest BCUT2D eigenvalue weighted by molar-refractivity contribution is -0.129. The summed E-state index contributed by atoms with van der Waals surface area (Å²) in [6, 6.07) is 14.3. The molecule has 0 aliphatic rings. The molecule has 0 saturated heterocycles. The first kappa shape index (κ1) is 19.2. The van der Waals surface area contributed by atoms with E-state index in [-0.39, 0.29) is 24.7 Å². The highest BCUT2D eigenvalue weighted by molar-refractivity contribution is 5.96. The van der Waals surface area contributed by atoms with Gasteiger partial charge in [-0.1, -0.05) is 25.1 Å². The third kappa shape index (κ3) is 4.76. The number of fused-ring (bicyclic) bond motifs is 1. The Morgan fingerprint density at radius 2 is 1.68 bits per heavy atom. The SMILES string of the molecule is CCC(=O)c1ccc(OCC(=O)NNC(=O)Cc2c[nH]c3ccccc23)cc1. The Kier molecular flexibility index (Phi) is 6.06. The van der Waals surface area contributed by atoms with Crippen LogP contribution in [0.5, 0.6) is 5.75 Å². The summed E-state index contributed by atoms with van der Waals surface area (Å²) < 4.78 is 5.35. The minimum Gasteiger partial charge on any atom is -0.484 e. The molecule has 2 amide bonds. The number of carbonyl (C=O) groups excluding carboxylic acids is 3. The van der Waals surface area contributed by atoms with Crippen molar-refractivity contribution in [3.63, 3.8) is 0 Å². The number of carbonyl (C=O) groups is 3. The Bertz CT molecular complexity index is 992. The van der Waals surface area contributed by atoms with E-state index in [0.717, 1.165) is 16.5 Å². The summed E-state index contributed by atoms with van der Waals surface area (Å²) in [6.07, 6.45) is 2.35. The van der Waals surface area contributed by atoms with E-state index < -0.39 is 5.91 Å². The van der Waals surface area contributed by atoms with Crippen molar-refractivity contribution in [1.82, 2.24) is 15.8 Å². The topological polar surface area (TPSA) is 100 Å². The van der Waals surface area contributed by atoms with E-state index in [9.17, 15) is 14.4 Å². The van der Waals surface area contributed by atoms with Crippen molar-refractivity contribution in [2.45, 2.75) is 19.8 Å². The van der Waals surface area contributed by atoms with Crippen LogP contribution < -0.4 is 15.6 Å². The van der Waals surface area contributed by atoms with Crippen LogP contribution in [-0.4, -0.2) is 29.2 Å². The van der Waals surface area contributed by atoms with Crippen LogP contribution in [0.3, 0.4) is 0 Å². The van der Waals surface area contributed by atoms with E-state index in [1.807, 2.05) is 24.3 Å². The molecule has 1 aromatic heterocycles. The highest BCUT2D eigenvalue weighted by Gasteiger charge is 2.10. The molecule has 1 heterocycles. The number of aromatic amines is 1. The molecule has 0 spiro atoms. The molecule has 3 N–H and O–H groups in total. The Morgan fingerprint density at radius 1 is 0.964 bits per heavy atom. The van der Waals surface area contributed by atoms with Crippen LogP contribution in [0.4, 0.5) is 0 Å². The lowest BCUT2D eigenvalue weighted by Gasteiger charge is -2.09. The van der Waals surface area contributed by atoms with Gasteiger partial charge in [-0.15, -0.1) is 0 Å². The first-order valence-corrected chi connectivity index (χ1v) is 8.95. The molecule has 0 atom stereocenters. The molecule has 7 heteroatoms. The smallest absolute Gasteiger partial charge is 0.276 e. The zero-order chi connectivity index (χ0) is 19.9. The maximum atomic E-state index is 12.1. The van der Waals surface area contributed by atoms with E-state index in [1.165, 1.54) is 0 Å². The highest BCUT2D eigenvalue weighted by atomic mass is 16.5. The molecule has 0 aliphatic carbocycles.